The molecular weight excluding hydrogens is 242 g/mol. The summed E-state index contributed by atoms with van der Waals surface area (Å²) in [4.78, 5) is 0. The lowest BCUT2D eigenvalue weighted by Crippen LogP contribution is -2.03. The molecule has 0 aliphatic rings. The minimum atomic E-state index is 0.569. The van der Waals surface area contributed by atoms with Crippen molar-refractivity contribution in [2.75, 3.05) is 0 Å². The topological polar surface area (TPSA) is 22.0 Å². The first kappa shape index (κ1) is 12.8. The van der Waals surface area contributed by atoms with Crippen molar-refractivity contribution in [3.8, 4) is 5.69 Å². The molecule has 1 heterocycles. The van der Waals surface area contributed by atoms with Gasteiger partial charge in [0, 0.05) is 11.9 Å². The second-order valence-electron chi connectivity index (χ2n) is 4.44. The first-order chi connectivity index (χ1) is 8.67. The molecule has 2 aromatic rings. The summed E-state index contributed by atoms with van der Waals surface area (Å²) in [5.74, 6) is 0. The zero-order valence-corrected chi connectivity index (χ0v) is 11.8. The highest BCUT2D eigenvalue weighted by Crippen LogP contribution is 2.17. The third-order valence-electron chi connectivity index (χ3n) is 3.11. The van der Waals surface area contributed by atoms with E-state index < -0.39 is 0 Å². The van der Waals surface area contributed by atoms with Gasteiger partial charge in [-0.15, -0.1) is 0 Å². The Labute approximate surface area is 111 Å². The van der Waals surface area contributed by atoms with Crippen LogP contribution in [0.4, 0.5) is 0 Å². The van der Waals surface area contributed by atoms with E-state index in [2.05, 4.69) is 39.0 Å². The molecule has 0 unspecified atom stereocenters. The Morgan fingerprint density at radius 1 is 1.22 bits per heavy atom. The lowest BCUT2D eigenvalue weighted by atomic mass is 10.1. The van der Waals surface area contributed by atoms with Gasteiger partial charge in [-0.3, -0.25) is 0 Å². The maximum atomic E-state index is 11.4. The molecule has 0 bridgehead atoms. The van der Waals surface area contributed by atoms with E-state index >= 15 is 0 Å². The highest BCUT2D eigenvalue weighted by Gasteiger charge is 2.04. The van der Waals surface area contributed by atoms with Crippen molar-refractivity contribution >= 4 is 11.3 Å². The molecule has 0 fully saturated rings. The number of pyridine rings is 1. The van der Waals surface area contributed by atoms with Gasteiger partial charge < -0.3 is 4.57 Å². The smallest absolute Gasteiger partial charge is 0.144 e. The van der Waals surface area contributed by atoms with Gasteiger partial charge in [-0.2, -0.15) is 0 Å². The second kappa shape index (κ2) is 5.36. The van der Waals surface area contributed by atoms with E-state index in [-0.39, 0.29) is 0 Å². The SMILES string of the molecule is CCc1cccn(-c2cc(C)ccc2C)c1=S=O. The molecule has 0 amide bonds. The minimum absolute atomic E-state index is 0.569. The fraction of sp³-hybridized carbons (Fsp3) is 0.267. The van der Waals surface area contributed by atoms with Gasteiger partial charge in [-0.1, -0.05) is 25.1 Å². The summed E-state index contributed by atoms with van der Waals surface area (Å²) in [7, 11) is 0. The highest BCUT2D eigenvalue weighted by molar-refractivity contribution is 7.56. The molecule has 0 spiro atoms. The van der Waals surface area contributed by atoms with Crippen LogP contribution >= 0.6 is 0 Å². The lowest BCUT2D eigenvalue weighted by molar-refractivity contribution is 0.698. The molecule has 0 saturated carbocycles. The predicted molar refractivity (Wildman–Crippen MR) is 76.0 cm³/mol. The third-order valence-corrected chi connectivity index (χ3v) is 3.73. The Balaban J connectivity index is 2.80. The Hall–Kier alpha value is -1.61. The van der Waals surface area contributed by atoms with Crippen LogP contribution in [-0.4, -0.2) is 8.78 Å². The van der Waals surface area contributed by atoms with Gasteiger partial charge in [0.25, 0.3) is 0 Å². The van der Waals surface area contributed by atoms with Crippen molar-refractivity contribution < 1.29 is 4.21 Å². The molecule has 0 N–H and O–H groups in total. The van der Waals surface area contributed by atoms with Gasteiger partial charge in [-0.25, -0.2) is 4.21 Å². The van der Waals surface area contributed by atoms with Crippen LogP contribution in [0.2, 0.25) is 0 Å². The number of hydrogen-bond acceptors (Lipinski definition) is 1. The standard InChI is InChI=1S/C15H17NOS/c1-4-13-6-5-9-16(15(13)18-17)14-10-11(2)7-8-12(14)3/h5-10H,4H2,1-3H3. The molecule has 2 nitrogen and oxygen atoms in total. The number of nitrogens with zero attached hydrogens (tertiary/aromatic N) is 1. The lowest BCUT2D eigenvalue weighted by Gasteiger charge is -2.12. The van der Waals surface area contributed by atoms with Gasteiger partial charge in [-0.05, 0) is 49.1 Å². The third kappa shape index (κ3) is 2.31. The van der Waals surface area contributed by atoms with Crippen molar-refractivity contribution in [1.29, 1.82) is 0 Å². The van der Waals surface area contributed by atoms with Crippen molar-refractivity contribution in [2.45, 2.75) is 27.2 Å². The van der Waals surface area contributed by atoms with Gasteiger partial charge in [0.2, 0.25) is 0 Å². The van der Waals surface area contributed by atoms with Crippen molar-refractivity contribution in [1.82, 2.24) is 4.57 Å². The van der Waals surface area contributed by atoms with Crippen LogP contribution in [0, 0.1) is 18.5 Å². The predicted octanol–water partition coefficient (Wildman–Crippen LogP) is 3.40. The molecule has 18 heavy (non-hydrogen) atoms. The highest BCUT2D eigenvalue weighted by atomic mass is 32.1. The summed E-state index contributed by atoms with van der Waals surface area (Å²) < 4.78 is 14.2. The Morgan fingerprint density at radius 3 is 2.67 bits per heavy atom. The fourth-order valence-corrected chi connectivity index (χ4v) is 2.63. The van der Waals surface area contributed by atoms with E-state index in [1.807, 2.05) is 22.9 Å². The van der Waals surface area contributed by atoms with E-state index in [4.69, 9.17) is 0 Å². The molecule has 0 saturated heterocycles. The zero-order chi connectivity index (χ0) is 13.1. The number of aromatic nitrogens is 1. The van der Waals surface area contributed by atoms with E-state index in [0.717, 1.165) is 22.3 Å². The number of benzene rings is 1. The largest absolute Gasteiger partial charge is 0.306 e. The van der Waals surface area contributed by atoms with E-state index in [0.29, 0.717) is 11.3 Å². The second-order valence-corrected chi connectivity index (χ2v) is 4.99. The minimum Gasteiger partial charge on any atom is -0.306 e. The summed E-state index contributed by atoms with van der Waals surface area (Å²) in [6, 6.07) is 10.3. The van der Waals surface area contributed by atoms with Gasteiger partial charge in [0.05, 0.1) is 0 Å². The van der Waals surface area contributed by atoms with Crippen molar-refractivity contribution in [3.63, 3.8) is 0 Å². The molecule has 1 aromatic heterocycles. The van der Waals surface area contributed by atoms with E-state index in [1.165, 1.54) is 11.1 Å². The summed E-state index contributed by atoms with van der Waals surface area (Å²) in [5.41, 5.74) is 4.56. The summed E-state index contributed by atoms with van der Waals surface area (Å²) in [6.45, 7) is 6.21. The number of hydrogen-bond donors (Lipinski definition) is 0. The normalized spacial score (nSPS) is 10.4. The van der Waals surface area contributed by atoms with Crippen LogP contribution in [0.5, 0.6) is 0 Å². The number of rotatable bonds is 2. The summed E-state index contributed by atoms with van der Waals surface area (Å²) in [5, 5.41) is 0. The first-order valence-corrected chi connectivity index (χ1v) is 6.82. The maximum Gasteiger partial charge on any atom is 0.144 e. The van der Waals surface area contributed by atoms with Crippen LogP contribution in [0.3, 0.4) is 0 Å². The molecule has 0 aliphatic heterocycles. The molecule has 94 valence electrons. The Morgan fingerprint density at radius 2 is 2.00 bits per heavy atom. The molecular formula is C15H17NOS. The van der Waals surface area contributed by atoms with Crippen LogP contribution in [-0.2, 0) is 17.7 Å². The summed E-state index contributed by atoms with van der Waals surface area (Å²) >= 11 is 0.569. The molecule has 3 heteroatoms. The number of aryl methyl sites for hydroxylation is 3. The molecule has 0 aliphatic carbocycles. The van der Waals surface area contributed by atoms with Crippen molar-refractivity contribution in [2.24, 2.45) is 0 Å². The van der Waals surface area contributed by atoms with Gasteiger partial charge in [0.1, 0.15) is 15.9 Å². The average Bonchev–Trinajstić information content (AvgIpc) is 2.40. The zero-order valence-electron chi connectivity index (χ0n) is 10.9. The van der Waals surface area contributed by atoms with Crippen LogP contribution in [0.25, 0.3) is 5.69 Å². The Bertz CT molecular complexity index is 666. The van der Waals surface area contributed by atoms with E-state index in [9.17, 15) is 4.21 Å². The Kier molecular flexibility index (Phi) is 3.82. The molecule has 0 atom stereocenters. The average molecular weight is 259 g/mol. The van der Waals surface area contributed by atoms with E-state index in [1.54, 1.807) is 0 Å². The summed E-state index contributed by atoms with van der Waals surface area (Å²) in [6.07, 6.45) is 2.83. The quantitative estimate of drug-likeness (QED) is 0.758. The molecule has 1 aromatic carbocycles. The first-order valence-electron chi connectivity index (χ1n) is 6.08. The van der Waals surface area contributed by atoms with Crippen LogP contribution in [0.1, 0.15) is 23.6 Å². The van der Waals surface area contributed by atoms with Crippen LogP contribution < -0.4 is 0 Å². The maximum absolute atomic E-state index is 11.4. The molecule has 2 rings (SSSR count). The van der Waals surface area contributed by atoms with Crippen molar-refractivity contribution in [3.05, 3.63) is 57.9 Å². The van der Waals surface area contributed by atoms with Crippen LogP contribution in [0.15, 0.2) is 36.5 Å². The monoisotopic (exact) mass is 259 g/mol. The fourth-order valence-electron chi connectivity index (χ4n) is 2.07. The van der Waals surface area contributed by atoms with Gasteiger partial charge in [0.15, 0.2) is 0 Å². The van der Waals surface area contributed by atoms with Gasteiger partial charge >= 0.3 is 0 Å². The molecule has 0 radical (unpaired) electrons.